The van der Waals surface area contributed by atoms with Crippen LogP contribution in [0.3, 0.4) is 0 Å². The number of allylic oxidation sites excluding steroid dienone is 7. The lowest BCUT2D eigenvalue weighted by Gasteiger charge is -2.48. The number of hydrogen-bond donors (Lipinski definition) is 1. The monoisotopic (exact) mass is 940 g/mol. The van der Waals surface area contributed by atoms with Gasteiger partial charge in [-0.25, -0.2) is 0 Å². The molecule has 0 amide bonds. The Morgan fingerprint density at radius 2 is 1.10 bits per heavy atom. The molecule has 0 aliphatic heterocycles. The number of alkyl halides is 3. The minimum absolute atomic E-state index is 0.120. The van der Waals surface area contributed by atoms with Crippen LogP contribution in [0.1, 0.15) is 34.6 Å². The number of hydrogen-bond acceptors (Lipinski definition) is 2. The lowest BCUT2D eigenvalue weighted by molar-refractivity contribution is -0.175. The molecule has 0 aromatic heterocycles. The molecule has 0 saturated heterocycles. The molecule has 0 saturated carbocycles. The van der Waals surface area contributed by atoms with Gasteiger partial charge in [0.05, 0.1) is 5.41 Å². The van der Waals surface area contributed by atoms with E-state index in [1.165, 1.54) is 33.9 Å². The van der Waals surface area contributed by atoms with Gasteiger partial charge in [-0.3, -0.25) is 4.55 Å². The van der Waals surface area contributed by atoms with E-state index in [1.54, 1.807) is 24.3 Å². The summed E-state index contributed by atoms with van der Waals surface area (Å²) in [4.78, 5) is -0.278. The molecule has 2 unspecified atom stereocenters. The zero-order chi connectivity index (χ0) is 37.0. The molecule has 0 radical (unpaired) electrons. The highest BCUT2D eigenvalue weighted by molar-refractivity contribution is 14.1. The summed E-state index contributed by atoms with van der Waals surface area (Å²) in [6, 6.07) is 46.6. The smallest absolute Gasteiger partial charge is 0.282 e. The van der Waals surface area contributed by atoms with Gasteiger partial charge in [-0.2, -0.15) is 21.6 Å². The molecule has 2 atom stereocenters. The van der Waals surface area contributed by atoms with E-state index in [0.717, 1.165) is 16.7 Å². The Kier molecular flexibility index (Phi) is 11.4. The Labute approximate surface area is 329 Å². The fraction of sp³-hybridized carbons (Fsp3) is 0.116. The second kappa shape index (κ2) is 15.7. The molecule has 52 heavy (non-hydrogen) atoms. The molecule has 0 heterocycles. The van der Waals surface area contributed by atoms with Crippen molar-refractivity contribution in [2.24, 2.45) is 0 Å². The van der Waals surface area contributed by atoms with Gasteiger partial charge in [0.15, 0.2) is 0 Å². The summed E-state index contributed by atoms with van der Waals surface area (Å²) in [6.07, 6.45) is 0.655. The van der Waals surface area contributed by atoms with Gasteiger partial charge in [0.25, 0.3) is 10.1 Å². The largest absolute Gasteiger partial charge is 0.402 e. The average Bonchev–Trinajstić information content (AvgIpc) is 3.15. The highest BCUT2D eigenvalue weighted by Gasteiger charge is 2.56. The summed E-state index contributed by atoms with van der Waals surface area (Å²) >= 11 is 4.28. The third kappa shape index (κ3) is 7.37. The Morgan fingerprint density at radius 1 is 0.654 bits per heavy atom. The molecule has 5 aromatic carbocycles. The van der Waals surface area contributed by atoms with Crippen molar-refractivity contribution < 1.29 is 26.1 Å². The molecule has 264 valence electrons. The van der Waals surface area contributed by atoms with Crippen molar-refractivity contribution in [1.82, 2.24) is 0 Å². The molecule has 0 spiro atoms. The number of rotatable bonds is 6. The normalized spacial score (nSPS) is 19.9. The maximum absolute atomic E-state index is 14.9. The van der Waals surface area contributed by atoms with Crippen LogP contribution in [0.15, 0.2) is 196 Å². The number of benzene rings is 5. The fourth-order valence-electron chi connectivity index (χ4n) is 7.14. The van der Waals surface area contributed by atoms with Crippen LogP contribution in [0.4, 0.5) is 13.2 Å². The lowest BCUT2D eigenvalue weighted by Crippen LogP contribution is -2.43. The zero-order valence-electron chi connectivity index (χ0n) is 27.6. The molecule has 1 N–H and O–H groups in total. The third-order valence-corrected chi connectivity index (χ3v) is 12.7. The molecular weight excluding hydrogens is 907 g/mol. The van der Waals surface area contributed by atoms with Gasteiger partial charge in [-0.05, 0) is 103 Å². The summed E-state index contributed by atoms with van der Waals surface area (Å²) in [7, 11) is -4.73. The fourth-order valence-corrected chi connectivity index (χ4v) is 10.0. The van der Waals surface area contributed by atoms with Crippen molar-refractivity contribution in [3.05, 3.63) is 221 Å². The van der Waals surface area contributed by atoms with Crippen molar-refractivity contribution in [3.63, 3.8) is 0 Å². The Hall–Kier alpha value is -3.78. The van der Waals surface area contributed by atoms with E-state index in [1.807, 2.05) is 132 Å². The van der Waals surface area contributed by atoms with E-state index in [2.05, 4.69) is 34.7 Å². The Balaban J connectivity index is 0.000000594. The first-order valence-electron chi connectivity index (χ1n) is 16.4. The first-order valence-corrected chi connectivity index (χ1v) is 20.0. The SMILES string of the molecule is Ic1ccccc1.O=S(=O)(O)C1=C(I)C(c2ccccc2)C(c2ccccc2)(c2ccccc2)C(C2=CCC(c3ccccc3)(C(F)(F)F)C=C2)=C1. The number of halogens is 5. The zero-order valence-corrected chi connectivity index (χ0v) is 32.7. The standard InChI is InChI=1S/C37H28F3IO3S.C6H5I/c38-37(39,40)35(28-15-7-2-8-16-28)23-21-26(22-24-35)31-25-32(45(42,43)44)34(41)33(27-13-5-1-6-14-27)36(31,29-17-9-3-10-18-29)30-19-11-4-12-20-30;7-6-4-2-1-3-5-6/h1-23,25,33H,24H2,(H,42,43,44);1-5H. The predicted molar refractivity (Wildman–Crippen MR) is 219 cm³/mol. The first-order chi connectivity index (χ1) is 24.9. The molecular formula is C43H33F3I2O3S. The van der Waals surface area contributed by atoms with Gasteiger partial charge < -0.3 is 0 Å². The topological polar surface area (TPSA) is 54.4 Å². The second-order valence-electron chi connectivity index (χ2n) is 12.5. The highest BCUT2D eigenvalue weighted by atomic mass is 127. The molecule has 0 bridgehead atoms. The average molecular weight is 941 g/mol. The van der Waals surface area contributed by atoms with Crippen LogP contribution in [0.2, 0.25) is 0 Å². The Bertz CT molecular complexity index is 2200. The van der Waals surface area contributed by atoms with E-state index < -0.39 is 33.0 Å². The van der Waals surface area contributed by atoms with Crippen molar-refractivity contribution >= 4 is 55.3 Å². The summed E-state index contributed by atoms with van der Waals surface area (Å²) < 4.78 is 82.8. The van der Waals surface area contributed by atoms with Gasteiger partial charge in [0.1, 0.15) is 10.3 Å². The van der Waals surface area contributed by atoms with Crippen LogP contribution in [0.5, 0.6) is 0 Å². The van der Waals surface area contributed by atoms with Crippen LogP contribution >= 0.6 is 45.2 Å². The summed E-state index contributed by atoms with van der Waals surface area (Å²) in [5.41, 5.74) is 0.130. The first kappa shape index (κ1) is 38.0. The molecule has 2 aliphatic carbocycles. The van der Waals surface area contributed by atoms with E-state index in [0.29, 0.717) is 14.7 Å². The summed E-state index contributed by atoms with van der Waals surface area (Å²) in [6.45, 7) is 0. The molecule has 5 aromatic rings. The van der Waals surface area contributed by atoms with Crippen molar-refractivity contribution in [3.8, 4) is 0 Å². The predicted octanol–water partition coefficient (Wildman–Crippen LogP) is 11.9. The van der Waals surface area contributed by atoms with Gasteiger partial charge >= 0.3 is 6.18 Å². The molecule has 3 nitrogen and oxygen atoms in total. The summed E-state index contributed by atoms with van der Waals surface area (Å²) in [5.74, 6) is -0.654. The molecule has 0 fully saturated rings. The maximum Gasteiger partial charge on any atom is 0.402 e. The van der Waals surface area contributed by atoms with Gasteiger partial charge in [-0.1, -0.05) is 158 Å². The lowest BCUT2D eigenvalue weighted by atomic mass is 9.56. The minimum Gasteiger partial charge on any atom is -0.282 e. The van der Waals surface area contributed by atoms with Crippen LogP contribution in [-0.2, 0) is 20.9 Å². The highest BCUT2D eigenvalue weighted by Crippen LogP contribution is 2.60. The Morgan fingerprint density at radius 3 is 1.48 bits per heavy atom. The minimum atomic E-state index is -4.73. The quantitative estimate of drug-likeness (QED) is 0.136. The van der Waals surface area contributed by atoms with Crippen LogP contribution in [0, 0.1) is 3.57 Å². The van der Waals surface area contributed by atoms with Gasteiger partial charge in [-0.15, -0.1) is 0 Å². The third-order valence-electron chi connectivity index (χ3n) is 9.52. The maximum atomic E-state index is 14.9. The van der Waals surface area contributed by atoms with Crippen molar-refractivity contribution in [2.75, 3.05) is 0 Å². The summed E-state index contributed by atoms with van der Waals surface area (Å²) in [5, 5.41) is 0. The second-order valence-corrected chi connectivity index (χ2v) is 16.3. The van der Waals surface area contributed by atoms with Crippen molar-refractivity contribution in [1.29, 1.82) is 0 Å². The van der Waals surface area contributed by atoms with E-state index in [4.69, 9.17) is 0 Å². The molecule has 7 rings (SSSR count). The molecule has 2 aliphatic rings. The van der Waals surface area contributed by atoms with Gasteiger partial charge in [0.2, 0.25) is 0 Å². The van der Waals surface area contributed by atoms with Gasteiger partial charge in [0, 0.05) is 13.1 Å². The van der Waals surface area contributed by atoms with Crippen LogP contribution < -0.4 is 0 Å². The van der Waals surface area contributed by atoms with E-state index in [-0.39, 0.29) is 16.9 Å². The van der Waals surface area contributed by atoms with E-state index in [9.17, 15) is 26.1 Å². The van der Waals surface area contributed by atoms with Crippen LogP contribution in [-0.4, -0.2) is 19.1 Å². The van der Waals surface area contributed by atoms with E-state index >= 15 is 0 Å². The molecule has 9 heteroatoms. The van der Waals surface area contributed by atoms with Crippen molar-refractivity contribution in [2.45, 2.75) is 29.3 Å². The van der Waals surface area contributed by atoms with Crippen LogP contribution in [0.25, 0.3) is 0 Å².